The van der Waals surface area contributed by atoms with E-state index in [4.69, 9.17) is 10.2 Å². The number of sulfonamides is 1. The zero-order chi connectivity index (χ0) is 12.2. The fourth-order valence-corrected chi connectivity index (χ4v) is 1.88. The number of hydrogen-bond acceptors (Lipinski definition) is 3. The monoisotopic (exact) mass is 239 g/mol. The summed E-state index contributed by atoms with van der Waals surface area (Å²) in [6.45, 7) is 1.79. The van der Waals surface area contributed by atoms with Crippen LogP contribution in [-0.4, -0.2) is 20.1 Å². The fourth-order valence-electron chi connectivity index (χ4n) is 1.20. The Balaban J connectivity index is 3.26. The van der Waals surface area contributed by atoms with Crippen LogP contribution in [0.1, 0.15) is 17.5 Å². The van der Waals surface area contributed by atoms with E-state index in [0.717, 1.165) is 5.56 Å². The molecule has 5 heteroatoms. The van der Waals surface area contributed by atoms with Crippen LogP contribution >= 0.6 is 0 Å². The third-order valence-electron chi connectivity index (χ3n) is 1.90. The van der Waals surface area contributed by atoms with E-state index >= 15 is 0 Å². The van der Waals surface area contributed by atoms with Gasteiger partial charge in [-0.2, -0.15) is 0 Å². The van der Waals surface area contributed by atoms with E-state index < -0.39 is 10.0 Å². The Hall–Kier alpha value is -1.35. The van der Waals surface area contributed by atoms with E-state index in [1.807, 2.05) is 6.92 Å². The first-order valence-electron chi connectivity index (χ1n) is 4.68. The zero-order valence-corrected chi connectivity index (χ0v) is 9.71. The van der Waals surface area contributed by atoms with Crippen molar-refractivity contribution in [2.75, 3.05) is 6.61 Å². The Labute approximate surface area is 95.2 Å². The highest BCUT2D eigenvalue weighted by Gasteiger charge is 2.12. The van der Waals surface area contributed by atoms with Crippen molar-refractivity contribution in [2.24, 2.45) is 5.14 Å². The summed E-state index contributed by atoms with van der Waals surface area (Å²) in [5.41, 5.74) is 1.27. The zero-order valence-electron chi connectivity index (χ0n) is 8.90. The quantitative estimate of drug-likeness (QED) is 0.732. The molecule has 0 fully saturated rings. The van der Waals surface area contributed by atoms with Gasteiger partial charge in [0, 0.05) is 12.0 Å². The van der Waals surface area contributed by atoms with Crippen molar-refractivity contribution in [2.45, 2.75) is 18.2 Å². The average Bonchev–Trinajstić information content (AvgIpc) is 2.16. The van der Waals surface area contributed by atoms with Gasteiger partial charge in [-0.3, -0.25) is 0 Å². The molecule has 0 radical (unpaired) electrons. The third kappa shape index (κ3) is 3.35. The molecule has 3 N–H and O–H groups in total. The molecular weight excluding hydrogens is 226 g/mol. The van der Waals surface area contributed by atoms with Crippen LogP contribution < -0.4 is 5.14 Å². The molecule has 1 rings (SSSR count). The molecule has 86 valence electrons. The van der Waals surface area contributed by atoms with E-state index in [-0.39, 0.29) is 11.5 Å². The standard InChI is InChI=1S/C11H13NO3S/c1-9-5-6-11(16(12,14)15)10(8-9)4-2-3-7-13/h5-6,8,13H,3,7H2,1H3,(H2,12,14,15). The number of rotatable bonds is 2. The van der Waals surface area contributed by atoms with Gasteiger partial charge in [-0.05, 0) is 24.6 Å². The Morgan fingerprint density at radius 2 is 2.12 bits per heavy atom. The Morgan fingerprint density at radius 3 is 2.69 bits per heavy atom. The van der Waals surface area contributed by atoms with E-state index in [2.05, 4.69) is 11.8 Å². The Morgan fingerprint density at radius 1 is 1.44 bits per heavy atom. The van der Waals surface area contributed by atoms with Gasteiger partial charge in [-0.25, -0.2) is 13.6 Å². The average molecular weight is 239 g/mol. The molecule has 0 heterocycles. The minimum Gasteiger partial charge on any atom is -0.395 e. The second-order valence-electron chi connectivity index (χ2n) is 3.32. The van der Waals surface area contributed by atoms with Gasteiger partial charge in [0.15, 0.2) is 0 Å². The molecule has 0 bridgehead atoms. The summed E-state index contributed by atoms with van der Waals surface area (Å²) in [5, 5.41) is 13.6. The number of hydrogen-bond donors (Lipinski definition) is 2. The summed E-state index contributed by atoms with van der Waals surface area (Å²) in [7, 11) is -3.75. The number of aliphatic hydroxyl groups excluding tert-OH is 1. The van der Waals surface area contributed by atoms with Crippen LogP contribution in [0, 0.1) is 18.8 Å². The highest BCUT2D eigenvalue weighted by Crippen LogP contribution is 2.14. The lowest BCUT2D eigenvalue weighted by Gasteiger charge is -2.02. The second-order valence-corrected chi connectivity index (χ2v) is 4.85. The van der Waals surface area contributed by atoms with Gasteiger partial charge in [-0.1, -0.05) is 17.9 Å². The summed E-state index contributed by atoms with van der Waals surface area (Å²) < 4.78 is 22.5. The molecule has 0 aliphatic carbocycles. The summed E-state index contributed by atoms with van der Waals surface area (Å²) >= 11 is 0. The molecule has 0 aromatic heterocycles. The molecule has 1 aromatic carbocycles. The molecule has 0 atom stereocenters. The third-order valence-corrected chi connectivity index (χ3v) is 2.87. The van der Waals surface area contributed by atoms with E-state index in [9.17, 15) is 8.42 Å². The summed E-state index contributed by atoms with van der Waals surface area (Å²) in [6.07, 6.45) is 0.304. The summed E-state index contributed by atoms with van der Waals surface area (Å²) in [5.74, 6) is 5.36. The molecule has 1 aromatic rings. The minimum absolute atomic E-state index is 0.0172. The van der Waals surface area contributed by atoms with Crippen molar-refractivity contribution in [1.29, 1.82) is 0 Å². The van der Waals surface area contributed by atoms with Gasteiger partial charge < -0.3 is 5.11 Å². The largest absolute Gasteiger partial charge is 0.395 e. The molecule has 4 nitrogen and oxygen atoms in total. The molecule has 0 amide bonds. The van der Waals surface area contributed by atoms with E-state index in [1.165, 1.54) is 6.07 Å². The van der Waals surface area contributed by atoms with Crippen LogP contribution in [0.25, 0.3) is 0 Å². The predicted octanol–water partition coefficient (Wildman–Crippen LogP) is 0.376. The smallest absolute Gasteiger partial charge is 0.239 e. The molecule has 0 spiro atoms. The topological polar surface area (TPSA) is 80.4 Å². The van der Waals surface area contributed by atoms with Gasteiger partial charge in [0.2, 0.25) is 10.0 Å². The first-order valence-corrected chi connectivity index (χ1v) is 6.23. The lowest BCUT2D eigenvalue weighted by molar-refractivity contribution is 0.305. The van der Waals surface area contributed by atoms with Gasteiger partial charge in [0.25, 0.3) is 0 Å². The number of aliphatic hydroxyl groups is 1. The van der Waals surface area contributed by atoms with Crippen LogP contribution in [0.3, 0.4) is 0 Å². The van der Waals surface area contributed by atoms with Gasteiger partial charge in [0.05, 0.1) is 11.5 Å². The number of aryl methyl sites for hydroxylation is 1. The van der Waals surface area contributed by atoms with Crippen LogP contribution in [0.2, 0.25) is 0 Å². The summed E-state index contributed by atoms with van der Waals surface area (Å²) in [4.78, 5) is 0.0172. The maximum atomic E-state index is 11.3. The number of primary sulfonamides is 1. The predicted molar refractivity (Wildman–Crippen MR) is 61.1 cm³/mol. The van der Waals surface area contributed by atoms with E-state index in [0.29, 0.717) is 12.0 Å². The lowest BCUT2D eigenvalue weighted by atomic mass is 10.1. The first-order chi connectivity index (χ1) is 7.45. The van der Waals surface area contributed by atoms with Crippen LogP contribution in [0.5, 0.6) is 0 Å². The van der Waals surface area contributed by atoms with Crippen molar-refractivity contribution < 1.29 is 13.5 Å². The molecule has 0 saturated heterocycles. The molecule has 0 aliphatic heterocycles. The number of nitrogens with two attached hydrogens (primary N) is 1. The molecular formula is C11H13NO3S. The van der Waals surface area contributed by atoms with Crippen molar-refractivity contribution in [3.8, 4) is 11.8 Å². The molecule has 0 saturated carbocycles. The first kappa shape index (κ1) is 12.7. The van der Waals surface area contributed by atoms with Crippen molar-refractivity contribution in [3.05, 3.63) is 29.3 Å². The molecule has 16 heavy (non-hydrogen) atoms. The van der Waals surface area contributed by atoms with Gasteiger partial charge in [0.1, 0.15) is 0 Å². The van der Waals surface area contributed by atoms with Crippen molar-refractivity contribution in [1.82, 2.24) is 0 Å². The lowest BCUT2D eigenvalue weighted by Crippen LogP contribution is -2.13. The number of benzene rings is 1. The van der Waals surface area contributed by atoms with Crippen molar-refractivity contribution >= 4 is 10.0 Å². The normalized spacial score (nSPS) is 10.7. The van der Waals surface area contributed by atoms with E-state index in [1.54, 1.807) is 12.1 Å². The summed E-state index contributed by atoms with van der Waals surface area (Å²) in [6, 6.07) is 4.76. The highest BCUT2D eigenvalue weighted by molar-refractivity contribution is 7.89. The van der Waals surface area contributed by atoms with Crippen molar-refractivity contribution in [3.63, 3.8) is 0 Å². The fraction of sp³-hybridized carbons (Fsp3) is 0.273. The van der Waals surface area contributed by atoms with Crippen LogP contribution in [0.4, 0.5) is 0 Å². The second kappa shape index (κ2) is 5.12. The highest BCUT2D eigenvalue weighted by atomic mass is 32.2. The van der Waals surface area contributed by atoms with Crippen LogP contribution in [-0.2, 0) is 10.0 Å². The maximum Gasteiger partial charge on any atom is 0.239 e. The van der Waals surface area contributed by atoms with Gasteiger partial charge in [-0.15, -0.1) is 0 Å². The Kier molecular flexibility index (Phi) is 4.07. The Bertz CT molecular complexity index is 538. The molecule has 0 unspecified atom stereocenters. The minimum atomic E-state index is -3.75. The molecule has 0 aliphatic rings. The van der Waals surface area contributed by atoms with Crippen LogP contribution in [0.15, 0.2) is 23.1 Å². The SMILES string of the molecule is Cc1ccc(S(N)(=O)=O)c(C#CCCO)c1. The maximum absolute atomic E-state index is 11.3. The van der Waals surface area contributed by atoms with Gasteiger partial charge >= 0.3 is 0 Å².